The zero-order valence-corrected chi connectivity index (χ0v) is 16.2. The second kappa shape index (κ2) is 6.47. The van der Waals surface area contributed by atoms with E-state index in [0.717, 1.165) is 33.0 Å². The van der Waals surface area contributed by atoms with Gasteiger partial charge in [0.1, 0.15) is 0 Å². The van der Waals surface area contributed by atoms with Crippen LogP contribution in [0.3, 0.4) is 0 Å². The molecule has 0 spiro atoms. The van der Waals surface area contributed by atoms with Crippen LogP contribution < -0.4 is 0 Å². The van der Waals surface area contributed by atoms with Gasteiger partial charge in [0.2, 0.25) is 0 Å². The lowest BCUT2D eigenvalue weighted by molar-refractivity contribution is -0.112. The first-order chi connectivity index (χ1) is 13.2. The summed E-state index contributed by atoms with van der Waals surface area (Å²) >= 11 is 3.62. The minimum absolute atomic E-state index is 0.166. The van der Waals surface area contributed by atoms with Crippen molar-refractivity contribution in [3.05, 3.63) is 96.1 Å². The quantitative estimate of drug-likeness (QED) is 0.337. The Morgan fingerprint density at radius 1 is 0.667 bits per heavy atom. The summed E-state index contributed by atoms with van der Waals surface area (Å²) in [6.07, 6.45) is 0.714. The van der Waals surface area contributed by atoms with Gasteiger partial charge in [-0.25, -0.2) is 0 Å². The first kappa shape index (κ1) is 16.5. The van der Waals surface area contributed by atoms with E-state index in [4.69, 9.17) is 0 Å². The Morgan fingerprint density at radius 2 is 1.19 bits per heavy atom. The molecule has 130 valence electrons. The summed E-state index contributed by atoms with van der Waals surface area (Å²) in [7, 11) is 0. The standard InChI is InChI=1S/C25H17BrO/c26-23-15-22(20-13-5-9-16-7-1-3-11-18(16)20)24(25(23)27)21-14-6-10-17-8-2-4-12-19(17)21/h1-14,23H,15H2. The van der Waals surface area contributed by atoms with Crippen molar-refractivity contribution in [1.82, 2.24) is 0 Å². The average Bonchev–Trinajstić information content (AvgIpc) is 3.01. The first-order valence-corrected chi connectivity index (χ1v) is 10.0. The molecular weight excluding hydrogens is 396 g/mol. The van der Waals surface area contributed by atoms with Gasteiger partial charge in [-0.05, 0) is 44.7 Å². The molecule has 5 rings (SSSR count). The van der Waals surface area contributed by atoms with E-state index < -0.39 is 0 Å². The van der Waals surface area contributed by atoms with Gasteiger partial charge in [0.25, 0.3) is 0 Å². The van der Waals surface area contributed by atoms with Crippen LogP contribution in [0.2, 0.25) is 0 Å². The van der Waals surface area contributed by atoms with Crippen LogP contribution >= 0.6 is 15.9 Å². The number of hydrogen-bond acceptors (Lipinski definition) is 1. The number of benzene rings is 4. The highest BCUT2D eigenvalue weighted by Crippen LogP contribution is 2.44. The molecule has 1 atom stereocenters. The summed E-state index contributed by atoms with van der Waals surface area (Å²) in [5, 5.41) is 4.68. The molecule has 0 saturated heterocycles. The third-order valence-electron chi connectivity index (χ3n) is 5.39. The maximum atomic E-state index is 13.2. The van der Waals surface area contributed by atoms with Gasteiger partial charge in [-0.3, -0.25) is 4.79 Å². The zero-order chi connectivity index (χ0) is 18.4. The van der Waals surface area contributed by atoms with Gasteiger partial charge in [0.05, 0.1) is 4.83 Å². The number of Topliss-reactive ketones (excluding diaryl/α,β-unsaturated/α-hetero) is 1. The van der Waals surface area contributed by atoms with Gasteiger partial charge in [-0.15, -0.1) is 0 Å². The number of halogens is 1. The van der Waals surface area contributed by atoms with E-state index in [0.29, 0.717) is 6.42 Å². The van der Waals surface area contributed by atoms with Crippen LogP contribution in [0.15, 0.2) is 84.9 Å². The zero-order valence-electron chi connectivity index (χ0n) is 14.7. The Balaban J connectivity index is 1.85. The van der Waals surface area contributed by atoms with Gasteiger partial charge in [0.15, 0.2) is 5.78 Å². The minimum atomic E-state index is -0.166. The lowest BCUT2D eigenvalue weighted by atomic mass is 9.91. The third kappa shape index (κ3) is 2.64. The molecule has 27 heavy (non-hydrogen) atoms. The monoisotopic (exact) mass is 412 g/mol. The van der Waals surface area contributed by atoms with Crippen molar-refractivity contribution in [2.75, 3.05) is 0 Å². The minimum Gasteiger partial charge on any atom is -0.293 e. The fraction of sp³-hybridized carbons (Fsp3) is 0.0800. The van der Waals surface area contributed by atoms with Crippen molar-refractivity contribution < 1.29 is 4.79 Å². The number of allylic oxidation sites excluding steroid dienone is 2. The molecule has 0 amide bonds. The molecular formula is C25H17BrO. The van der Waals surface area contributed by atoms with Crippen LogP contribution in [0, 0.1) is 0 Å². The Hall–Kier alpha value is -2.71. The molecule has 4 aromatic carbocycles. The Bertz CT molecular complexity index is 1220. The fourth-order valence-electron chi connectivity index (χ4n) is 4.15. The van der Waals surface area contributed by atoms with Crippen LogP contribution in [0.5, 0.6) is 0 Å². The summed E-state index contributed by atoms with van der Waals surface area (Å²) < 4.78 is 0. The first-order valence-electron chi connectivity index (χ1n) is 9.12. The van der Waals surface area contributed by atoms with E-state index in [1.54, 1.807) is 0 Å². The normalized spacial score (nSPS) is 17.2. The van der Waals surface area contributed by atoms with Crippen molar-refractivity contribution in [2.45, 2.75) is 11.2 Å². The van der Waals surface area contributed by atoms with Crippen LogP contribution in [-0.4, -0.2) is 10.6 Å². The molecule has 1 aliphatic carbocycles. The Morgan fingerprint density at radius 3 is 1.85 bits per heavy atom. The largest absolute Gasteiger partial charge is 0.293 e. The van der Waals surface area contributed by atoms with Crippen molar-refractivity contribution in [3.63, 3.8) is 0 Å². The van der Waals surface area contributed by atoms with Gasteiger partial charge in [-0.1, -0.05) is 101 Å². The Labute approximate surface area is 166 Å². The maximum Gasteiger partial charge on any atom is 0.177 e. The van der Waals surface area contributed by atoms with Crippen LogP contribution in [0.25, 0.3) is 32.7 Å². The molecule has 1 aliphatic rings. The van der Waals surface area contributed by atoms with E-state index in [1.807, 2.05) is 18.2 Å². The number of fused-ring (bicyclic) bond motifs is 2. The van der Waals surface area contributed by atoms with E-state index in [2.05, 4.69) is 82.7 Å². The second-order valence-corrected chi connectivity index (χ2v) is 8.05. The molecule has 0 aliphatic heterocycles. The highest BCUT2D eigenvalue weighted by molar-refractivity contribution is 9.10. The van der Waals surface area contributed by atoms with Gasteiger partial charge < -0.3 is 0 Å². The highest BCUT2D eigenvalue weighted by Gasteiger charge is 2.33. The van der Waals surface area contributed by atoms with Gasteiger partial charge >= 0.3 is 0 Å². The van der Waals surface area contributed by atoms with E-state index >= 15 is 0 Å². The number of hydrogen-bond donors (Lipinski definition) is 0. The van der Waals surface area contributed by atoms with E-state index in [9.17, 15) is 4.79 Å². The van der Waals surface area contributed by atoms with Gasteiger partial charge in [0, 0.05) is 5.57 Å². The lowest BCUT2D eigenvalue weighted by Crippen LogP contribution is -2.08. The summed E-state index contributed by atoms with van der Waals surface area (Å²) in [6.45, 7) is 0. The molecule has 0 fully saturated rings. The Kier molecular flexibility index (Phi) is 3.95. The molecule has 1 nitrogen and oxygen atoms in total. The smallest absolute Gasteiger partial charge is 0.177 e. The van der Waals surface area contributed by atoms with Crippen molar-refractivity contribution in [3.8, 4) is 0 Å². The van der Waals surface area contributed by atoms with Crippen molar-refractivity contribution >= 4 is 54.4 Å². The molecule has 0 aromatic heterocycles. The second-order valence-electron chi connectivity index (χ2n) is 6.94. The molecule has 0 heterocycles. The maximum absolute atomic E-state index is 13.2. The fourth-order valence-corrected chi connectivity index (χ4v) is 4.70. The number of carbonyl (C=O) groups excluding carboxylic acids is 1. The number of rotatable bonds is 2. The third-order valence-corrected chi connectivity index (χ3v) is 6.13. The summed E-state index contributed by atoms with van der Waals surface area (Å²) in [4.78, 5) is 13.0. The van der Waals surface area contributed by atoms with E-state index in [1.165, 1.54) is 10.8 Å². The number of ketones is 1. The number of alkyl halides is 1. The summed E-state index contributed by atoms with van der Waals surface area (Å²) in [6, 6.07) is 29.2. The molecule has 0 N–H and O–H groups in total. The van der Waals surface area contributed by atoms with E-state index in [-0.39, 0.29) is 10.6 Å². The molecule has 4 aromatic rings. The number of carbonyl (C=O) groups is 1. The van der Waals surface area contributed by atoms with Crippen molar-refractivity contribution in [1.29, 1.82) is 0 Å². The molecule has 1 unspecified atom stereocenters. The SMILES string of the molecule is O=C1C(c2cccc3ccccc23)=C(c2cccc3ccccc23)CC1Br. The van der Waals surface area contributed by atoms with Gasteiger partial charge in [-0.2, -0.15) is 0 Å². The van der Waals surface area contributed by atoms with Crippen LogP contribution in [0.4, 0.5) is 0 Å². The highest BCUT2D eigenvalue weighted by atomic mass is 79.9. The molecule has 2 heteroatoms. The summed E-state index contributed by atoms with van der Waals surface area (Å²) in [5.74, 6) is 0.175. The predicted octanol–water partition coefficient (Wildman–Crippen LogP) is 6.64. The van der Waals surface area contributed by atoms with Crippen LogP contribution in [0.1, 0.15) is 17.5 Å². The lowest BCUT2D eigenvalue weighted by Gasteiger charge is -2.12. The molecule has 0 radical (unpaired) electrons. The van der Waals surface area contributed by atoms with Crippen LogP contribution in [-0.2, 0) is 4.79 Å². The summed E-state index contributed by atoms with van der Waals surface area (Å²) in [5.41, 5.74) is 4.18. The topological polar surface area (TPSA) is 17.1 Å². The predicted molar refractivity (Wildman–Crippen MR) is 117 cm³/mol. The molecule has 0 bridgehead atoms. The average molecular weight is 413 g/mol. The molecule has 0 saturated carbocycles. The van der Waals surface area contributed by atoms with Crippen molar-refractivity contribution in [2.24, 2.45) is 0 Å².